The molecule has 0 heterocycles. The van der Waals surface area contributed by atoms with Gasteiger partial charge in [0, 0.05) is 17.3 Å². The largest absolute Gasteiger partial charge is 0.493 e. The van der Waals surface area contributed by atoms with Crippen LogP contribution in [0.1, 0.15) is 5.56 Å². The summed E-state index contributed by atoms with van der Waals surface area (Å²) in [7, 11) is 1.56. The van der Waals surface area contributed by atoms with Crippen LogP contribution in [-0.4, -0.2) is 19.6 Å². The second-order valence-electron chi connectivity index (χ2n) is 6.16. The van der Waals surface area contributed by atoms with Gasteiger partial charge in [-0.3, -0.25) is 4.79 Å². The van der Waals surface area contributed by atoms with Crippen LogP contribution in [0.25, 0.3) is 0 Å². The summed E-state index contributed by atoms with van der Waals surface area (Å²) in [6.45, 7) is 0.440. The number of hydrogen-bond acceptors (Lipinski definition) is 4. The van der Waals surface area contributed by atoms with E-state index in [1.54, 1.807) is 37.4 Å². The molecule has 1 amide bonds. The first kappa shape index (κ1) is 20.8. The Morgan fingerprint density at radius 1 is 0.966 bits per heavy atom. The number of carbonyl (C=O) groups is 1. The van der Waals surface area contributed by atoms with Crippen molar-refractivity contribution >= 4 is 40.5 Å². The van der Waals surface area contributed by atoms with E-state index < -0.39 is 0 Å². The number of nitrogens with one attached hydrogen (secondary N) is 2. The number of methoxy groups -OCH3 is 1. The van der Waals surface area contributed by atoms with Gasteiger partial charge in [-0.05, 0) is 54.1 Å². The summed E-state index contributed by atoms with van der Waals surface area (Å²) < 4.78 is 11.0. The van der Waals surface area contributed by atoms with Gasteiger partial charge < -0.3 is 20.1 Å². The third-order valence-electron chi connectivity index (χ3n) is 4.08. The Morgan fingerprint density at radius 2 is 1.72 bits per heavy atom. The SMILES string of the molecule is COc1cc(CNc2ccc(Cl)cc2)ccc1OCC(=O)Nc1ccccc1Cl. The molecule has 0 unspecified atom stereocenters. The van der Waals surface area contributed by atoms with Gasteiger partial charge >= 0.3 is 0 Å². The molecule has 0 aliphatic carbocycles. The summed E-state index contributed by atoms with van der Waals surface area (Å²) in [5.74, 6) is 0.719. The highest BCUT2D eigenvalue weighted by Crippen LogP contribution is 2.29. The zero-order valence-corrected chi connectivity index (χ0v) is 17.3. The third-order valence-corrected chi connectivity index (χ3v) is 4.66. The van der Waals surface area contributed by atoms with Crippen LogP contribution in [0.3, 0.4) is 0 Å². The van der Waals surface area contributed by atoms with Gasteiger partial charge in [0.2, 0.25) is 0 Å². The van der Waals surface area contributed by atoms with E-state index in [0.29, 0.717) is 33.8 Å². The van der Waals surface area contributed by atoms with Crippen LogP contribution in [0.2, 0.25) is 10.0 Å². The molecule has 0 aliphatic heterocycles. The molecule has 0 bridgehead atoms. The molecule has 150 valence electrons. The predicted molar refractivity (Wildman–Crippen MR) is 117 cm³/mol. The van der Waals surface area contributed by atoms with E-state index in [0.717, 1.165) is 11.3 Å². The fourth-order valence-electron chi connectivity index (χ4n) is 2.61. The Balaban J connectivity index is 1.57. The molecule has 0 radical (unpaired) electrons. The molecule has 3 aromatic rings. The fourth-order valence-corrected chi connectivity index (χ4v) is 2.91. The van der Waals surface area contributed by atoms with Crippen molar-refractivity contribution < 1.29 is 14.3 Å². The van der Waals surface area contributed by atoms with E-state index in [1.165, 1.54) is 0 Å². The molecule has 2 N–H and O–H groups in total. The second kappa shape index (κ2) is 10.0. The summed E-state index contributed by atoms with van der Waals surface area (Å²) in [6, 6.07) is 20.1. The normalized spacial score (nSPS) is 10.3. The zero-order chi connectivity index (χ0) is 20.6. The van der Waals surface area contributed by atoms with Crippen LogP contribution in [0, 0.1) is 0 Å². The zero-order valence-electron chi connectivity index (χ0n) is 15.7. The smallest absolute Gasteiger partial charge is 0.262 e. The van der Waals surface area contributed by atoms with Crippen molar-refractivity contribution in [3.05, 3.63) is 82.3 Å². The molecule has 0 atom stereocenters. The molecular formula is C22H20Cl2N2O3. The maximum atomic E-state index is 12.1. The molecule has 3 rings (SSSR count). The maximum absolute atomic E-state index is 12.1. The lowest BCUT2D eigenvalue weighted by molar-refractivity contribution is -0.118. The molecule has 0 aromatic heterocycles. The highest BCUT2D eigenvalue weighted by atomic mass is 35.5. The second-order valence-corrected chi connectivity index (χ2v) is 7.01. The van der Waals surface area contributed by atoms with Gasteiger partial charge in [-0.15, -0.1) is 0 Å². The first-order chi connectivity index (χ1) is 14.0. The number of benzene rings is 3. The molecule has 0 fully saturated rings. The number of carbonyl (C=O) groups excluding carboxylic acids is 1. The summed E-state index contributed by atoms with van der Waals surface area (Å²) in [5.41, 5.74) is 2.51. The third kappa shape index (κ3) is 6.04. The Morgan fingerprint density at radius 3 is 2.45 bits per heavy atom. The minimum absolute atomic E-state index is 0.163. The van der Waals surface area contributed by atoms with Gasteiger partial charge in [-0.25, -0.2) is 0 Å². The van der Waals surface area contributed by atoms with Crippen molar-refractivity contribution in [3.63, 3.8) is 0 Å². The van der Waals surface area contributed by atoms with Crippen LogP contribution in [0.4, 0.5) is 11.4 Å². The Kier molecular flexibility index (Phi) is 7.22. The molecule has 0 spiro atoms. The highest BCUT2D eigenvalue weighted by molar-refractivity contribution is 6.33. The average molecular weight is 431 g/mol. The van der Waals surface area contributed by atoms with E-state index in [2.05, 4.69) is 10.6 Å². The van der Waals surface area contributed by atoms with Crippen LogP contribution >= 0.6 is 23.2 Å². The number of halogens is 2. The number of ether oxygens (including phenoxy) is 2. The van der Waals surface area contributed by atoms with Crippen molar-refractivity contribution in [3.8, 4) is 11.5 Å². The quantitative estimate of drug-likeness (QED) is 0.485. The Labute approximate surface area is 179 Å². The topological polar surface area (TPSA) is 59.6 Å². The Hall–Kier alpha value is -2.89. The number of rotatable bonds is 8. The molecule has 29 heavy (non-hydrogen) atoms. The van der Waals surface area contributed by atoms with Gasteiger partial charge in [0.15, 0.2) is 18.1 Å². The van der Waals surface area contributed by atoms with Gasteiger partial charge in [-0.2, -0.15) is 0 Å². The monoisotopic (exact) mass is 430 g/mol. The first-order valence-electron chi connectivity index (χ1n) is 8.88. The molecule has 7 heteroatoms. The van der Waals surface area contributed by atoms with Gasteiger partial charge in [0.25, 0.3) is 5.91 Å². The molecule has 0 aliphatic rings. The van der Waals surface area contributed by atoms with Gasteiger partial charge in [0.1, 0.15) is 0 Å². The molecule has 5 nitrogen and oxygen atoms in total. The lowest BCUT2D eigenvalue weighted by Crippen LogP contribution is -2.20. The summed E-state index contributed by atoms with van der Waals surface area (Å²) in [5, 5.41) is 7.19. The maximum Gasteiger partial charge on any atom is 0.262 e. The van der Waals surface area contributed by atoms with E-state index in [-0.39, 0.29) is 12.5 Å². The summed E-state index contributed by atoms with van der Waals surface area (Å²) >= 11 is 11.9. The number of amides is 1. The number of anilines is 2. The van der Waals surface area contributed by atoms with Crippen molar-refractivity contribution in [2.75, 3.05) is 24.4 Å². The summed E-state index contributed by atoms with van der Waals surface area (Å²) in [4.78, 5) is 12.1. The Bertz CT molecular complexity index is 978. The van der Waals surface area contributed by atoms with Crippen molar-refractivity contribution in [2.24, 2.45) is 0 Å². The molecule has 0 saturated heterocycles. The van der Waals surface area contributed by atoms with Crippen LogP contribution in [0.5, 0.6) is 11.5 Å². The van der Waals surface area contributed by atoms with Crippen molar-refractivity contribution in [1.29, 1.82) is 0 Å². The van der Waals surface area contributed by atoms with E-state index in [1.807, 2.05) is 36.4 Å². The number of hydrogen-bond donors (Lipinski definition) is 2. The van der Waals surface area contributed by atoms with Crippen LogP contribution < -0.4 is 20.1 Å². The fraction of sp³-hybridized carbons (Fsp3) is 0.136. The predicted octanol–water partition coefficient (Wildman–Crippen LogP) is 5.63. The minimum Gasteiger partial charge on any atom is -0.493 e. The van der Waals surface area contributed by atoms with Gasteiger partial charge in [0.05, 0.1) is 17.8 Å². The average Bonchev–Trinajstić information content (AvgIpc) is 2.73. The summed E-state index contributed by atoms with van der Waals surface area (Å²) in [6.07, 6.45) is 0. The van der Waals surface area contributed by atoms with Crippen LogP contribution in [-0.2, 0) is 11.3 Å². The minimum atomic E-state index is -0.311. The molecular weight excluding hydrogens is 411 g/mol. The van der Waals surface area contributed by atoms with Crippen molar-refractivity contribution in [2.45, 2.75) is 6.54 Å². The van der Waals surface area contributed by atoms with E-state index >= 15 is 0 Å². The molecule has 3 aromatic carbocycles. The van der Waals surface area contributed by atoms with Gasteiger partial charge in [-0.1, -0.05) is 41.4 Å². The lowest BCUT2D eigenvalue weighted by atomic mass is 10.2. The van der Waals surface area contributed by atoms with Crippen molar-refractivity contribution in [1.82, 2.24) is 0 Å². The van der Waals surface area contributed by atoms with E-state index in [4.69, 9.17) is 32.7 Å². The number of para-hydroxylation sites is 1. The lowest BCUT2D eigenvalue weighted by Gasteiger charge is -2.13. The van der Waals surface area contributed by atoms with E-state index in [9.17, 15) is 4.79 Å². The van der Waals surface area contributed by atoms with Crippen LogP contribution in [0.15, 0.2) is 66.7 Å². The highest BCUT2D eigenvalue weighted by Gasteiger charge is 2.10. The molecule has 0 saturated carbocycles. The first-order valence-corrected chi connectivity index (χ1v) is 9.64. The standard InChI is InChI=1S/C22H20Cl2N2O3/c1-28-21-12-15(13-25-17-9-7-16(23)8-10-17)6-11-20(21)29-14-22(27)26-19-5-3-2-4-18(19)24/h2-12,25H,13-14H2,1H3,(H,26,27).